The zero-order valence-electron chi connectivity index (χ0n) is 10.4. The molecule has 0 radical (unpaired) electrons. The molecule has 0 unspecified atom stereocenters. The van der Waals surface area contributed by atoms with E-state index in [0.29, 0.717) is 6.54 Å². The van der Waals surface area contributed by atoms with Crippen molar-refractivity contribution in [1.82, 2.24) is 9.88 Å². The highest BCUT2D eigenvalue weighted by molar-refractivity contribution is 5.75. The first-order chi connectivity index (χ1) is 8.66. The van der Waals surface area contributed by atoms with Crippen LogP contribution in [0.4, 0.5) is 0 Å². The molecule has 4 nitrogen and oxygen atoms in total. The summed E-state index contributed by atoms with van der Waals surface area (Å²) in [6.07, 6.45) is 2.01. The van der Waals surface area contributed by atoms with Crippen LogP contribution in [0.2, 0.25) is 0 Å². The smallest absolute Gasteiger partial charge is 0.231 e. The van der Waals surface area contributed by atoms with E-state index in [4.69, 9.17) is 5.73 Å². The molecule has 0 atom stereocenters. The minimum atomic E-state index is -0.344. The molecular formula is C14H17N3O. The van der Waals surface area contributed by atoms with Gasteiger partial charge in [0.15, 0.2) is 0 Å². The Morgan fingerprint density at radius 2 is 2.17 bits per heavy atom. The van der Waals surface area contributed by atoms with Crippen LogP contribution in [0.25, 0.3) is 5.69 Å². The number of aromatic nitrogens is 1. The number of carbonyl (C=O) groups is 1. The van der Waals surface area contributed by atoms with Gasteiger partial charge in [0.25, 0.3) is 0 Å². The third-order valence-corrected chi connectivity index (χ3v) is 2.72. The zero-order chi connectivity index (χ0) is 13.0. The van der Waals surface area contributed by atoms with Gasteiger partial charge in [0, 0.05) is 24.1 Å². The number of nitrogens with two attached hydrogens (primary N) is 1. The zero-order valence-corrected chi connectivity index (χ0v) is 10.4. The number of carbonyl (C=O) groups excluding carboxylic acids is 1. The summed E-state index contributed by atoms with van der Waals surface area (Å²) in [6.45, 7) is 2.88. The molecule has 0 aliphatic rings. The highest BCUT2D eigenvalue weighted by atomic mass is 16.1. The van der Waals surface area contributed by atoms with Gasteiger partial charge in [-0.1, -0.05) is 12.1 Å². The molecule has 0 aliphatic heterocycles. The van der Waals surface area contributed by atoms with E-state index in [1.807, 2.05) is 24.4 Å². The topological polar surface area (TPSA) is 60.1 Å². The van der Waals surface area contributed by atoms with Crippen LogP contribution in [-0.2, 0) is 11.3 Å². The largest absolute Gasteiger partial charge is 0.369 e. The summed E-state index contributed by atoms with van der Waals surface area (Å²) in [7, 11) is 0. The van der Waals surface area contributed by atoms with Crippen LogP contribution in [0.1, 0.15) is 11.3 Å². The fraction of sp³-hybridized carbons (Fsp3) is 0.214. The second-order valence-electron chi connectivity index (χ2n) is 4.28. The van der Waals surface area contributed by atoms with E-state index >= 15 is 0 Å². The second kappa shape index (κ2) is 5.51. The fourth-order valence-electron chi connectivity index (χ4n) is 1.90. The summed E-state index contributed by atoms with van der Waals surface area (Å²) in [5.41, 5.74) is 8.53. The van der Waals surface area contributed by atoms with Crippen LogP contribution in [0.15, 0.2) is 42.6 Å². The fourth-order valence-corrected chi connectivity index (χ4v) is 1.90. The third-order valence-electron chi connectivity index (χ3n) is 2.72. The average Bonchev–Trinajstić information content (AvgIpc) is 2.77. The SMILES string of the molecule is Cc1cccc(-n2cccc2CNCC(N)=O)c1. The summed E-state index contributed by atoms with van der Waals surface area (Å²) in [6, 6.07) is 12.3. The number of aryl methyl sites for hydroxylation is 1. The maximum atomic E-state index is 10.7. The number of hydrogen-bond donors (Lipinski definition) is 2. The predicted octanol–water partition coefficient (Wildman–Crippen LogP) is 1.36. The molecule has 1 heterocycles. The lowest BCUT2D eigenvalue weighted by molar-refractivity contribution is -0.117. The Morgan fingerprint density at radius 3 is 2.89 bits per heavy atom. The van der Waals surface area contributed by atoms with Crippen molar-refractivity contribution in [2.45, 2.75) is 13.5 Å². The lowest BCUT2D eigenvalue weighted by atomic mass is 10.2. The van der Waals surface area contributed by atoms with Crippen molar-refractivity contribution in [3.8, 4) is 5.69 Å². The first-order valence-corrected chi connectivity index (χ1v) is 5.89. The van der Waals surface area contributed by atoms with Gasteiger partial charge in [-0.25, -0.2) is 0 Å². The Bertz CT molecular complexity index is 545. The van der Waals surface area contributed by atoms with Crippen molar-refractivity contribution in [3.63, 3.8) is 0 Å². The molecule has 0 bridgehead atoms. The number of nitrogens with one attached hydrogen (secondary N) is 1. The highest BCUT2D eigenvalue weighted by Gasteiger charge is 2.03. The van der Waals surface area contributed by atoms with E-state index in [0.717, 1.165) is 11.4 Å². The van der Waals surface area contributed by atoms with Gasteiger partial charge in [-0.2, -0.15) is 0 Å². The van der Waals surface area contributed by atoms with Crippen LogP contribution < -0.4 is 11.1 Å². The normalized spacial score (nSPS) is 10.5. The van der Waals surface area contributed by atoms with Gasteiger partial charge in [-0.05, 0) is 36.8 Å². The van der Waals surface area contributed by atoms with E-state index in [2.05, 4.69) is 35.0 Å². The Hall–Kier alpha value is -2.07. The van der Waals surface area contributed by atoms with Crippen LogP contribution in [-0.4, -0.2) is 17.0 Å². The molecule has 0 spiro atoms. The van der Waals surface area contributed by atoms with Crippen molar-refractivity contribution in [3.05, 3.63) is 53.9 Å². The molecule has 2 rings (SSSR count). The maximum absolute atomic E-state index is 10.7. The molecular weight excluding hydrogens is 226 g/mol. The summed E-state index contributed by atoms with van der Waals surface area (Å²) in [5, 5.41) is 3.02. The van der Waals surface area contributed by atoms with Crippen molar-refractivity contribution >= 4 is 5.91 Å². The molecule has 0 saturated carbocycles. The van der Waals surface area contributed by atoms with Gasteiger partial charge < -0.3 is 15.6 Å². The van der Waals surface area contributed by atoms with Gasteiger partial charge >= 0.3 is 0 Å². The minimum Gasteiger partial charge on any atom is -0.369 e. The first kappa shape index (κ1) is 12.4. The summed E-state index contributed by atoms with van der Waals surface area (Å²) < 4.78 is 2.10. The van der Waals surface area contributed by atoms with Crippen LogP contribution >= 0.6 is 0 Å². The monoisotopic (exact) mass is 243 g/mol. The first-order valence-electron chi connectivity index (χ1n) is 5.89. The predicted molar refractivity (Wildman–Crippen MR) is 71.4 cm³/mol. The van der Waals surface area contributed by atoms with Crippen molar-refractivity contribution < 1.29 is 4.79 Å². The van der Waals surface area contributed by atoms with E-state index in [9.17, 15) is 4.79 Å². The number of primary amides is 1. The van der Waals surface area contributed by atoms with Crippen LogP contribution in [0.5, 0.6) is 0 Å². The third kappa shape index (κ3) is 2.99. The minimum absolute atomic E-state index is 0.193. The van der Waals surface area contributed by atoms with E-state index < -0.39 is 0 Å². The number of amides is 1. The van der Waals surface area contributed by atoms with Gasteiger partial charge in [0.2, 0.25) is 5.91 Å². The van der Waals surface area contributed by atoms with Gasteiger partial charge in [-0.15, -0.1) is 0 Å². The van der Waals surface area contributed by atoms with Crippen LogP contribution in [0, 0.1) is 6.92 Å². The van der Waals surface area contributed by atoms with Crippen molar-refractivity contribution in [2.75, 3.05) is 6.54 Å². The summed E-state index contributed by atoms with van der Waals surface area (Å²) in [4.78, 5) is 10.7. The average molecular weight is 243 g/mol. The van der Waals surface area contributed by atoms with Gasteiger partial charge in [-0.3, -0.25) is 4.79 Å². The molecule has 1 aromatic carbocycles. The Kier molecular flexibility index (Phi) is 3.79. The Morgan fingerprint density at radius 1 is 1.33 bits per heavy atom. The van der Waals surface area contributed by atoms with E-state index in [1.165, 1.54) is 5.56 Å². The van der Waals surface area contributed by atoms with E-state index in [1.54, 1.807) is 0 Å². The standard InChI is InChI=1S/C14H17N3O/c1-11-4-2-5-12(8-11)17-7-3-6-13(17)9-16-10-14(15)18/h2-8,16H,9-10H2,1H3,(H2,15,18). The molecule has 18 heavy (non-hydrogen) atoms. The molecule has 0 saturated heterocycles. The van der Waals surface area contributed by atoms with Crippen molar-refractivity contribution in [1.29, 1.82) is 0 Å². The number of rotatable bonds is 5. The molecule has 0 aliphatic carbocycles. The molecule has 4 heteroatoms. The summed E-state index contributed by atoms with van der Waals surface area (Å²) >= 11 is 0. The Balaban J connectivity index is 2.15. The van der Waals surface area contributed by atoms with E-state index in [-0.39, 0.29) is 12.5 Å². The highest BCUT2D eigenvalue weighted by Crippen LogP contribution is 2.14. The molecule has 1 aromatic heterocycles. The van der Waals surface area contributed by atoms with Gasteiger partial charge in [0.1, 0.15) is 0 Å². The second-order valence-corrected chi connectivity index (χ2v) is 4.28. The molecule has 2 aromatic rings. The number of benzene rings is 1. The Labute approximate surface area is 106 Å². The van der Waals surface area contributed by atoms with Crippen LogP contribution in [0.3, 0.4) is 0 Å². The maximum Gasteiger partial charge on any atom is 0.231 e. The quantitative estimate of drug-likeness (QED) is 0.833. The van der Waals surface area contributed by atoms with Gasteiger partial charge in [0.05, 0.1) is 6.54 Å². The molecule has 1 amide bonds. The molecule has 3 N–H and O–H groups in total. The lowest BCUT2D eigenvalue weighted by Crippen LogP contribution is -2.28. The number of hydrogen-bond acceptors (Lipinski definition) is 2. The summed E-state index contributed by atoms with van der Waals surface area (Å²) in [5.74, 6) is -0.344. The lowest BCUT2D eigenvalue weighted by Gasteiger charge is -2.10. The number of nitrogens with zero attached hydrogens (tertiary/aromatic N) is 1. The molecule has 0 fully saturated rings. The molecule has 94 valence electrons. The van der Waals surface area contributed by atoms with Crippen molar-refractivity contribution in [2.24, 2.45) is 5.73 Å².